The minimum atomic E-state index is -0.992. The molecule has 0 radical (unpaired) electrons. The van der Waals surface area contributed by atoms with E-state index in [2.05, 4.69) is 10.3 Å². The summed E-state index contributed by atoms with van der Waals surface area (Å²) in [6.45, 7) is 8.00. The predicted octanol–water partition coefficient (Wildman–Crippen LogP) is 3.80. The van der Waals surface area contributed by atoms with Crippen LogP contribution in [-0.4, -0.2) is 28.6 Å². The first kappa shape index (κ1) is 19.9. The maximum atomic E-state index is 12.1. The van der Waals surface area contributed by atoms with E-state index in [0.29, 0.717) is 30.2 Å². The molecule has 1 atom stereocenters. The average Bonchev–Trinajstić information content (AvgIpc) is 2.97. The van der Waals surface area contributed by atoms with Gasteiger partial charge >= 0.3 is 5.97 Å². The predicted molar refractivity (Wildman–Crippen MR) is 101 cm³/mol. The molecule has 0 bridgehead atoms. The molecule has 2 N–H and O–H groups in total. The lowest BCUT2D eigenvalue weighted by molar-refractivity contribution is -0.121. The Hall–Kier alpha value is -2.41. The lowest BCUT2D eigenvalue weighted by atomic mass is 10.1. The van der Waals surface area contributed by atoms with E-state index in [4.69, 9.17) is 9.84 Å². The number of hydrogen-bond acceptors (Lipinski definition) is 5. The number of carbonyl (C=O) groups excluding carboxylic acids is 1. The Bertz CT molecular complexity index is 801. The Morgan fingerprint density at radius 2 is 2.00 bits per heavy atom. The zero-order valence-corrected chi connectivity index (χ0v) is 16.3. The summed E-state index contributed by atoms with van der Waals surface area (Å²) in [6, 6.07) is 5.61. The van der Waals surface area contributed by atoms with Gasteiger partial charge in [0, 0.05) is 6.42 Å². The van der Waals surface area contributed by atoms with Crippen LogP contribution in [-0.2, 0) is 4.79 Å². The van der Waals surface area contributed by atoms with Gasteiger partial charge in [0.25, 0.3) is 0 Å². The molecule has 26 heavy (non-hydrogen) atoms. The van der Waals surface area contributed by atoms with Gasteiger partial charge in [0.15, 0.2) is 0 Å². The molecule has 2 rings (SSSR count). The van der Waals surface area contributed by atoms with Crippen molar-refractivity contribution in [1.82, 2.24) is 10.3 Å². The van der Waals surface area contributed by atoms with E-state index in [0.717, 1.165) is 17.1 Å². The monoisotopic (exact) mass is 376 g/mol. The SMILES string of the molecule is Cc1ccc(OCCCC(=O)NC(C)c2nc(C)c(C(=O)O)s2)cc1C. The number of thiazole rings is 1. The Labute approximate surface area is 157 Å². The standard InChI is InChI=1S/C19H24N2O4S/c1-11-7-8-15(10-12(11)2)25-9-5-6-16(22)20-14(4)18-21-13(3)17(26-18)19(23)24/h7-8,10,14H,5-6,9H2,1-4H3,(H,20,22)(H,23,24). The summed E-state index contributed by atoms with van der Waals surface area (Å²) in [5.74, 6) is -0.291. The van der Waals surface area contributed by atoms with Crippen LogP contribution in [0.25, 0.3) is 0 Å². The van der Waals surface area contributed by atoms with E-state index in [1.807, 2.05) is 32.0 Å². The highest BCUT2D eigenvalue weighted by atomic mass is 32.1. The fraction of sp³-hybridized carbons (Fsp3) is 0.421. The molecule has 1 aromatic carbocycles. The van der Waals surface area contributed by atoms with Gasteiger partial charge in [-0.3, -0.25) is 4.79 Å². The number of carbonyl (C=O) groups is 2. The number of aromatic nitrogens is 1. The molecule has 1 amide bonds. The third-order valence-corrected chi connectivity index (χ3v) is 5.38. The van der Waals surface area contributed by atoms with Crippen molar-refractivity contribution in [3.8, 4) is 5.75 Å². The number of aryl methyl sites for hydroxylation is 3. The maximum Gasteiger partial charge on any atom is 0.347 e. The molecule has 6 nitrogen and oxygen atoms in total. The summed E-state index contributed by atoms with van der Waals surface area (Å²) in [7, 11) is 0. The second-order valence-corrected chi connectivity index (χ2v) is 7.29. The number of carboxylic acids is 1. The van der Waals surface area contributed by atoms with Gasteiger partial charge < -0.3 is 15.2 Å². The normalized spacial score (nSPS) is 11.8. The summed E-state index contributed by atoms with van der Waals surface area (Å²) in [5, 5.41) is 12.5. The average molecular weight is 376 g/mol. The molecule has 2 aromatic rings. The second kappa shape index (κ2) is 8.80. The topological polar surface area (TPSA) is 88.5 Å². The minimum Gasteiger partial charge on any atom is -0.494 e. The number of ether oxygens (including phenoxy) is 1. The van der Waals surface area contributed by atoms with E-state index in [9.17, 15) is 9.59 Å². The van der Waals surface area contributed by atoms with Crippen LogP contribution >= 0.6 is 11.3 Å². The smallest absolute Gasteiger partial charge is 0.347 e. The molecule has 0 aliphatic rings. The molecule has 1 heterocycles. The van der Waals surface area contributed by atoms with Gasteiger partial charge in [0.1, 0.15) is 15.6 Å². The van der Waals surface area contributed by atoms with Crippen molar-refractivity contribution in [2.45, 2.75) is 46.6 Å². The minimum absolute atomic E-state index is 0.106. The number of aromatic carboxylic acids is 1. The lowest BCUT2D eigenvalue weighted by Crippen LogP contribution is -2.26. The quantitative estimate of drug-likeness (QED) is 0.684. The Balaban J connectivity index is 1.76. The summed E-state index contributed by atoms with van der Waals surface area (Å²) in [6.07, 6.45) is 0.939. The van der Waals surface area contributed by atoms with Crippen LogP contribution in [0.5, 0.6) is 5.75 Å². The molecule has 7 heteroatoms. The number of carboxylic acid groups (broad SMARTS) is 1. The van der Waals surface area contributed by atoms with Crippen LogP contribution in [0, 0.1) is 20.8 Å². The van der Waals surface area contributed by atoms with Crippen LogP contribution in [0.15, 0.2) is 18.2 Å². The molecule has 0 saturated heterocycles. The highest BCUT2D eigenvalue weighted by molar-refractivity contribution is 7.13. The van der Waals surface area contributed by atoms with Gasteiger partial charge in [-0.25, -0.2) is 9.78 Å². The van der Waals surface area contributed by atoms with Gasteiger partial charge in [-0.05, 0) is 57.4 Å². The number of nitrogens with one attached hydrogen (secondary N) is 1. The molecule has 0 saturated carbocycles. The first-order valence-electron chi connectivity index (χ1n) is 8.48. The number of amides is 1. The molecular weight excluding hydrogens is 352 g/mol. The first-order chi connectivity index (χ1) is 12.3. The van der Waals surface area contributed by atoms with Crippen LogP contribution < -0.4 is 10.1 Å². The zero-order valence-electron chi connectivity index (χ0n) is 15.5. The molecule has 0 fully saturated rings. The van der Waals surface area contributed by atoms with E-state index < -0.39 is 5.97 Å². The van der Waals surface area contributed by atoms with Crippen molar-refractivity contribution in [3.63, 3.8) is 0 Å². The van der Waals surface area contributed by atoms with Crippen LogP contribution in [0.1, 0.15) is 57.3 Å². The number of hydrogen-bond donors (Lipinski definition) is 2. The maximum absolute atomic E-state index is 12.1. The van der Waals surface area contributed by atoms with Crippen LogP contribution in [0.2, 0.25) is 0 Å². The molecule has 1 unspecified atom stereocenters. The van der Waals surface area contributed by atoms with E-state index in [-0.39, 0.29) is 16.8 Å². The highest BCUT2D eigenvalue weighted by Gasteiger charge is 2.19. The molecule has 0 aliphatic heterocycles. The van der Waals surface area contributed by atoms with Crippen molar-refractivity contribution in [3.05, 3.63) is 44.9 Å². The molecule has 1 aromatic heterocycles. The van der Waals surface area contributed by atoms with Gasteiger partial charge in [0.2, 0.25) is 5.91 Å². The Kier molecular flexibility index (Phi) is 6.74. The number of benzene rings is 1. The second-order valence-electron chi connectivity index (χ2n) is 6.26. The molecule has 0 spiro atoms. The molecule has 0 aliphatic carbocycles. The van der Waals surface area contributed by atoms with Gasteiger partial charge in [-0.2, -0.15) is 0 Å². The molecular formula is C19H24N2O4S. The number of rotatable bonds is 8. The van der Waals surface area contributed by atoms with Crippen molar-refractivity contribution in [1.29, 1.82) is 0 Å². The Morgan fingerprint density at radius 3 is 2.62 bits per heavy atom. The lowest BCUT2D eigenvalue weighted by Gasteiger charge is -2.12. The third-order valence-electron chi connectivity index (χ3n) is 4.05. The van der Waals surface area contributed by atoms with E-state index in [1.165, 1.54) is 11.1 Å². The van der Waals surface area contributed by atoms with Crippen LogP contribution in [0.3, 0.4) is 0 Å². The highest BCUT2D eigenvalue weighted by Crippen LogP contribution is 2.23. The summed E-state index contributed by atoms with van der Waals surface area (Å²) in [4.78, 5) is 27.6. The fourth-order valence-corrected chi connectivity index (χ4v) is 3.31. The van der Waals surface area contributed by atoms with Crippen LogP contribution in [0.4, 0.5) is 0 Å². The van der Waals surface area contributed by atoms with Gasteiger partial charge in [-0.1, -0.05) is 6.07 Å². The van der Waals surface area contributed by atoms with Crippen molar-refractivity contribution in [2.75, 3.05) is 6.61 Å². The van der Waals surface area contributed by atoms with Crippen molar-refractivity contribution in [2.24, 2.45) is 0 Å². The summed E-state index contributed by atoms with van der Waals surface area (Å²) in [5.41, 5.74) is 2.86. The summed E-state index contributed by atoms with van der Waals surface area (Å²) >= 11 is 1.10. The summed E-state index contributed by atoms with van der Waals surface area (Å²) < 4.78 is 5.67. The zero-order chi connectivity index (χ0) is 19.3. The molecule has 140 valence electrons. The largest absolute Gasteiger partial charge is 0.494 e. The first-order valence-corrected chi connectivity index (χ1v) is 9.29. The fourth-order valence-electron chi connectivity index (χ4n) is 2.40. The van der Waals surface area contributed by atoms with Gasteiger partial charge in [-0.15, -0.1) is 11.3 Å². The van der Waals surface area contributed by atoms with Gasteiger partial charge in [0.05, 0.1) is 18.3 Å². The number of nitrogens with zero attached hydrogens (tertiary/aromatic N) is 1. The Morgan fingerprint density at radius 1 is 1.27 bits per heavy atom. The third kappa shape index (κ3) is 5.29. The van der Waals surface area contributed by atoms with Crippen molar-refractivity contribution < 1.29 is 19.4 Å². The van der Waals surface area contributed by atoms with E-state index in [1.54, 1.807) is 13.8 Å². The van der Waals surface area contributed by atoms with Crippen molar-refractivity contribution >= 4 is 23.2 Å². The van der Waals surface area contributed by atoms with E-state index >= 15 is 0 Å².